The molecule has 20 heavy (non-hydrogen) atoms. The van der Waals surface area contributed by atoms with Gasteiger partial charge in [0, 0.05) is 18.3 Å². The zero-order chi connectivity index (χ0) is 14.4. The third-order valence-corrected chi connectivity index (χ3v) is 3.73. The van der Waals surface area contributed by atoms with Crippen LogP contribution in [0.25, 0.3) is 0 Å². The molecule has 3 nitrogen and oxygen atoms in total. The summed E-state index contributed by atoms with van der Waals surface area (Å²) in [5, 5.41) is 3.47. The van der Waals surface area contributed by atoms with Crippen LogP contribution in [0.1, 0.15) is 64.1 Å². The van der Waals surface area contributed by atoms with Crippen LogP contribution in [0.5, 0.6) is 0 Å². The lowest BCUT2D eigenvalue weighted by atomic mass is 9.98. The molecule has 0 aromatic carbocycles. The van der Waals surface area contributed by atoms with Crippen molar-refractivity contribution in [2.75, 3.05) is 0 Å². The molecule has 0 aliphatic heterocycles. The lowest BCUT2D eigenvalue weighted by Crippen LogP contribution is -2.35. The van der Waals surface area contributed by atoms with E-state index in [4.69, 9.17) is 4.74 Å². The lowest BCUT2D eigenvalue weighted by Gasteiger charge is -2.22. The van der Waals surface area contributed by atoms with Crippen LogP contribution in [0.3, 0.4) is 0 Å². The van der Waals surface area contributed by atoms with E-state index < -0.39 is 0 Å². The Balaban J connectivity index is 1.76. The van der Waals surface area contributed by atoms with Gasteiger partial charge < -0.3 is 10.1 Å². The van der Waals surface area contributed by atoms with E-state index in [-0.39, 0.29) is 5.54 Å². The van der Waals surface area contributed by atoms with Crippen LogP contribution < -0.4 is 5.32 Å². The van der Waals surface area contributed by atoms with Crippen molar-refractivity contribution >= 4 is 0 Å². The van der Waals surface area contributed by atoms with E-state index in [1.54, 1.807) is 0 Å². The Kier molecular flexibility index (Phi) is 5.55. The highest BCUT2D eigenvalue weighted by atomic mass is 16.5. The molecule has 0 atom stereocenters. The number of hydrogen-bond acceptors (Lipinski definition) is 3. The van der Waals surface area contributed by atoms with E-state index in [9.17, 15) is 0 Å². The maximum absolute atomic E-state index is 5.94. The van der Waals surface area contributed by atoms with E-state index in [2.05, 4.69) is 43.2 Å². The van der Waals surface area contributed by atoms with Gasteiger partial charge >= 0.3 is 0 Å². The number of hydrogen-bond donors (Lipinski definition) is 1. The molecule has 1 aromatic heterocycles. The Labute approximate surface area is 123 Å². The molecular formula is C17H28N2O. The van der Waals surface area contributed by atoms with Crippen molar-refractivity contribution in [3.05, 3.63) is 29.6 Å². The van der Waals surface area contributed by atoms with Crippen molar-refractivity contribution in [1.29, 1.82) is 0 Å². The quantitative estimate of drug-likeness (QED) is 0.887. The Bertz CT molecular complexity index is 388. The number of aromatic nitrogens is 1. The molecule has 1 aliphatic carbocycles. The molecule has 0 bridgehead atoms. The van der Waals surface area contributed by atoms with E-state index in [0.29, 0.717) is 12.7 Å². The first-order valence-electron chi connectivity index (χ1n) is 7.83. The zero-order valence-electron chi connectivity index (χ0n) is 13.1. The third-order valence-electron chi connectivity index (χ3n) is 3.73. The second-order valence-electron chi connectivity index (χ2n) is 6.83. The summed E-state index contributed by atoms with van der Waals surface area (Å²) in [5.74, 6) is 0. The molecule has 0 saturated heterocycles. The fourth-order valence-corrected chi connectivity index (χ4v) is 2.45. The second-order valence-corrected chi connectivity index (χ2v) is 6.83. The van der Waals surface area contributed by atoms with Gasteiger partial charge in [-0.15, -0.1) is 0 Å². The SMILES string of the molecule is CC(C)(C)NCc1ccc(COC2CCCCC2)nc1. The molecule has 1 aromatic rings. The topological polar surface area (TPSA) is 34.1 Å². The molecule has 3 heteroatoms. The van der Waals surface area contributed by atoms with Crippen LogP contribution in [0.15, 0.2) is 18.3 Å². The second kappa shape index (κ2) is 7.19. The molecule has 0 radical (unpaired) electrons. The number of pyridine rings is 1. The van der Waals surface area contributed by atoms with E-state index in [1.807, 2.05) is 6.20 Å². The van der Waals surface area contributed by atoms with Gasteiger partial charge in [-0.05, 0) is 45.2 Å². The summed E-state index contributed by atoms with van der Waals surface area (Å²) in [7, 11) is 0. The van der Waals surface area contributed by atoms with Crippen LogP contribution in [-0.2, 0) is 17.9 Å². The van der Waals surface area contributed by atoms with Crippen LogP contribution in [0.2, 0.25) is 0 Å². The van der Waals surface area contributed by atoms with Crippen LogP contribution >= 0.6 is 0 Å². The molecule has 1 saturated carbocycles. The average molecular weight is 276 g/mol. The molecule has 112 valence electrons. The Morgan fingerprint density at radius 2 is 1.95 bits per heavy atom. The van der Waals surface area contributed by atoms with Crippen molar-refractivity contribution in [3.8, 4) is 0 Å². The fraction of sp³-hybridized carbons (Fsp3) is 0.706. The standard InChI is InChI=1S/C17H28N2O/c1-17(2,3)19-12-14-9-10-15(18-11-14)13-20-16-7-5-4-6-8-16/h9-11,16,19H,4-8,12-13H2,1-3H3. The largest absolute Gasteiger partial charge is 0.372 e. The van der Waals surface area contributed by atoms with Crippen LogP contribution in [0, 0.1) is 0 Å². The molecule has 1 fully saturated rings. The fourth-order valence-electron chi connectivity index (χ4n) is 2.45. The number of nitrogens with zero attached hydrogens (tertiary/aromatic N) is 1. The van der Waals surface area contributed by atoms with E-state index >= 15 is 0 Å². The molecule has 1 aliphatic rings. The van der Waals surface area contributed by atoms with Crippen molar-refractivity contribution in [2.45, 2.75) is 77.7 Å². The highest BCUT2D eigenvalue weighted by Gasteiger charge is 2.14. The monoisotopic (exact) mass is 276 g/mol. The van der Waals surface area contributed by atoms with Crippen molar-refractivity contribution in [1.82, 2.24) is 10.3 Å². The van der Waals surface area contributed by atoms with Gasteiger partial charge in [-0.1, -0.05) is 25.3 Å². The Morgan fingerprint density at radius 3 is 2.55 bits per heavy atom. The summed E-state index contributed by atoms with van der Waals surface area (Å²) in [6, 6.07) is 4.23. The molecule has 0 unspecified atom stereocenters. The zero-order valence-corrected chi connectivity index (χ0v) is 13.1. The number of ether oxygens (including phenoxy) is 1. The predicted molar refractivity (Wildman–Crippen MR) is 82.5 cm³/mol. The highest BCUT2D eigenvalue weighted by molar-refractivity contribution is 5.13. The average Bonchev–Trinajstić information content (AvgIpc) is 2.44. The van der Waals surface area contributed by atoms with Crippen LogP contribution in [-0.4, -0.2) is 16.6 Å². The van der Waals surface area contributed by atoms with Crippen molar-refractivity contribution < 1.29 is 4.74 Å². The van der Waals surface area contributed by atoms with E-state index in [1.165, 1.54) is 37.7 Å². The number of nitrogens with one attached hydrogen (secondary N) is 1. The summed E-state index contributed by atoms with van der Waals surface area (Å²) >= 11 is 0. The van der Waals surface area contributed by atoms with E-state index in [0.717, 1.165) is 12.2 Å². The third kappa shape index (κ3) is 5.59. The number of rotatable bonds is 5. The maximum atomic E-state index is 5.94. The highest BCUT2D eigenvalue weighted by Crippen LogP contribution is 2.21. The van der Waals surface area contributed by atoms with Gasteiger partial charge in [-0.25, -0.2) is 0 Å². The lowest BCUT2D eigenvalue weighted by molar-refractivity contribution is 0.0152. The summed E-state index contributed by atoms with van der Waals surface area (Å²) in [4.78, 5) is 4.50. The first-order valence-corrected chi connectivity index (χ1v) is 7.83. The van der Waals surface area contributed by atoms with Gasteiger partial charge in [0.2, 0.25) is 0 Å². The summed E-state index contributed by atoms with van der Waals surface area (Å²) < 4.78 is 5.94. The van der Waals surface area contributed by atoms with Crippen molar-refractivity contribution in [2.24, 2.45) is 0 Å². The minimum atomic E-state index is 0.142. The first-order chi connectivity index (χ1) is 9.53. The van der Waals surface area contributed by atoms with Gasteiger partial charge in [0.25, 0.3) is 0 Å². The molecular weight excluding hydrogens is 248 g/mol. The summed E-state index contributed by atoms with van der Waals surface area (Å²) in [5.41, 5.74) is 2.40. The smallest absolute Gasteiger partial charge is 0.0891 e. The van der Waals surface area contributed by atoms with Crippen LogP contribution in [0.4, 0.5) is 0 Å². The molecule has 2 rings (SSSR count). The Hall–Kier alpha value is -0.930. The maximum Gasteiger partial charge on any atom is 0.0891 e. The van der Waals surface area contributed by atoms with Gasteiger partial charge in [0.15, 0.2) is 0 Å². The predicted octanol–water partition coefficient (Wildman–Crippen LogP) is 3.82. The molecule has 1 N–H and O–H groups in total. The van der Waals surface area contributed by atoms with Gasteiger partial charge in [0.1, 0.15) is 0 Å². The van der Waals surface area contributed by atoms with Gasteiger partial charge in [0.05, 0.1) is 18.4 Å². The summed E-state index contributed by atoms with van der Waals surface area (Å²) in [6.07, 6.45) is 8.84. The minimum absolute atomic E-state index is 0.142. The first kappa shape index (κ1) is 15.5. The van der Waals surface area contributed by atoms with Crippen molar-refractivity contribution in [3.63, 3.8) is 0 Å². The van der Waals surface area contributed by atoms with Gasteiger partial charge in [-0.2, -0.15) is 0 Å². The molecule has 0 spiro atoms. The normalized spacial score (nSPS) is 17.4. The molecule has 1 heterocycles. The van der Waals surface area contributed by atoms with Gasteiger partial charge in [-0.3, -0.25) is 4.98 Å². The molecule has 0 amide bonds. The minimum Gasteiger partial charge on any atom is -0.372 e. The Morgan fingerprint density at radius 1 is 1.20 bits per heavy atom. The summed E-state index contributed by atoms with van der Waals surface area (Å²) in [6.45, 7) is 8.03.